The molecular weight excluding hydrogens is 202 g/mol. The molecule has 0 saturated heterocycles. The van der Waals surface area contributed by atoms with Crippen LogP contribution in [-0.4, -0.2) is 23.7 Å². The zero-order valence-electron chi connectivity index (χ0n) is 9.07. The van der Waals surface area contributed by atoms with Gasteiger partial charge >= 0.3 is 5.97 Å². The molecule has 4 nitrogen and oxygen atoms in total. The van der Waals surface area contributed by atoms with Gasteiger partial charge in [-0.25, -0.2) is 0 Å². The van der Waals surface area contributed by atoms with Gasteiger partial charge in [0.2, 0.25) is 0 Å². The van der Waals surface area contributed by atoms with Crippen molar-refractivity contribution in [2.75, 3.05) is 12.4 Å². The molecule has 0 amide bonds. The Kier molecular flexibility index (Phi) is 5.76. The van der Waals surface area contributed by atoms with E-state index in [2.05, 4.69) is 5.18 Å². The highest BCUT2D eigenvalue weighted by atomic mass is 32.2. The molecule has 0 aliphatic heterocycles. The van der Waals surface area contributed by atoms with E-state index in [-0.39, 0.29) is 17.1 Å². The van der Waals surface area contributed by atoms with Gasteiger partial charge in [0.1, 0.15) is 5.37 Å². The molecule has 82 valence electrons. The molecule has 0 aliphatic rings. The summed E-state index contributed by atoms with van der Waals surface area (Å²) >= 11 is 1.22. The number of hydrogen-bond acceptors (Lipinski definition) is 5. The topological polar surface area (TPSA) is 55.7 Å². The molecule has 0 fully saturated rings. The van der Waals surface area contributed by atoms with Crippen LogP contribution in [0.5, 0.6) is 0 Å². The van der Waals surface area contributed by atoms with E-state index >= 15 is 0 Å². The first-order chi connectivity index (χ1) is 6.41. The second-order valence-corrected chi connectivity index (χ2v) is 5.01. The number of nitrogens with zero attached hydrogens (tertiary/aromatic N) is 1. The number of carbonyl (C=O) groups excluding carboxylic acids is 1. The third-order valence-electron chi connectivity index (χ3n) is 1.50. The van der Waals surface area contributed by atoms with Gasteiger partial charge in [-0.3, -0.25) is 4.79 Å². The van der Waals surface area contributed by atoms with E-state index in [9.17, 15) is 9.70 Å². The summed E-state index contributed by atoms with van der Waals surface area (Å²) in [5.41, 5.74) is -0.223. The molecule has 0 heterocycles. The van der Waals surface area contributed by atoms with Gasteiger partial charge in [0.05, 0.1) is 12.4 Å². The fourth-order valence-electron chi connectivity index (χ4n) is 0.788. The molecule has 0 N–H and O–H groups in total. The van der Waals surface area contributed by atoms with Gasteiger partial charge in [0.15, 0.2) is 0 Å². The van der Waals surface area contributed by atoms with E-state index in [0.717, 1.165) is 0 Å². The van der Waals surface area contributed by atoms with Gasteiger partial charge in [-0.2, -0.15) is 0 Å². The molecule has 1 atom stereocenters. The van der Waals surface area contributed by atoms with Crippen molar-refractivity contribution in [3.8, 4) is 0 Å². The molecule has 0 bridgehead atoms. The van der Waals surface area contributed by atoms with Crippen LogP contribution >= 0.6 is 11.8 Å². The van der Waals surface area contributed by atoms with Crippen LogP contribution in [0.25, 0.3) is 0 Å². The van der Waals surface area contributed by atoms with Crippen LogP contribution in [0, 0.1) is 10.3 Å². The average Bonchev–Trinajstić information content (AvgIpc) is 2.03. The van der Waals surface area contributed by atoms with E-state index in [0.29, 0.717) is 6.61 Å². The van der Waals surface area contributed by atoms with Gasteiger partial charge in [-0.05, 0) is 12.3 Å². The molecule has 0 aromatic carbocycles. The standard InChI is InChI=1S/C9H17NO3S/c1-5-13-7(11)6-14-8(10-12)9(2,3)4/h8H,5-6H2,1-4H3. The van der Waals surface area contributed by atoms with Gasteiger partial charge < -0.3 is 4.74 Å². The van der Waals surface area contributed by atoms with Crippen LogP contribution in [0.3, 0.4) is 0 Å². The number of esters is 1. The molecular formula is C9H17NO3S. The van der Waals surface area contributed by atoms with Crippen LogP contribution in [-0.2, 0) is 9.53 Å². The van der Waals surface area contributed by atoms with E-state index in [1.54, 1.807) is 6.92 Å². The lowest BCUT2D eigenvalue weighted by Crippen LogP contribution is -2.22. The Morgan fingerprint density at radius 2 is 2.07 bits per heavy atom. The first-order valence-electron chi connectivity index (χ1n) is 4.51. The van der Waals surface area contributed by atoms with E-state index in [4.69, 9.17) is 4.74 Å². The minimum atomic E-state index is -0.410. The highest BCUT2D eigenvalue weighted by molar-refractivity contribution is 8.00. The van der Waals surface area contributed by atoms with Crippen molar-refractivity contribution >= 4 is 17.7 Å². The maximum Gasteiger partial charge on any atom is 0.315 e. The fraction of sp³-hybridized carbons (Fsp3) is 0.889. The summed E-state index contributed by atoms with van der Waals surface area (Å²) in [5, 5.41) is 2.59. The highest BCUT2D eigenvalue weighted by Gasteiger charge is 2.26. The van der Waals surface area contributed by atoms with Crippen LogP contribution in [0.1, 0.15) is 27.7 Å². The number of nitroso groups, excluding NO2 is 1. The van der Waals surface area contributed by atoms with Crippen LogP contribution in [0.4, 0.5) is 0 Å². The van der Waals surface area contributed by atoms with Crippen molar-refractivity contribution in [3.05, 3.63) is 4.91 Å². The Bertz CT molecular complexity index is 201. The number of ether oxygens (including phenoxy) is 1. The SMILES string of the molecule is CCOC(=O)CSC(N=O)C(C)(C)C. The molecule has 1 unspecified atom stereocenters. The smallest absolute Gasteiger partial charge is 0.315 e. The second kappa shape index (κ2) is 6.01. The van der Waals surface area contributed by atoms with Crippen LogP contribution < -0.4 is 0 Å². The maximum absolute atomic E-state index is 11.0. The van der Waals surface area contributed by atoms with Crippen LogP contribution in [0.15, 0.2) is 5.18 Å². The predicted molar refractivity (Wildman–Crippen MR) is 58.1 cm³/mol. The summed E-state index contributed by atoms with van der Waals surface area (Å²) in [4.78, 5) is 21.5. The largest absolute Gasteiger partial charge is 0.465 e. The first kappa shape index (κ1) is 13.4. The fourth-order valence-corrected chi connectivity index (χ4v) is 1.73. The van der Waals surface area contributed by atoms with Crippen molar-refractivity contribution in [1.82, 2.24) is 0 Å². The number of carbonyl (C=O) groups is 1. The summed E-state index contributed by atoms with van der Waals surface area (Å²) in [6.45, 7) is 7.86. The van der Waals surface area contributed by atoms with Crippen molar-refractivity contribution in [1.29, 1.82) is 0 Å². The molecule has 0 rings (SSSR count). The lowest BCUT2D eigenvalue weighted by atomic mass is 9.97. The number of hydrogen-bond donors (Lipinski definition) is 0. The van der Waals surface area contributed by atoms with Gasteiger partial charge in [-0.15, -0.1) is 16.7 Å². The quantitative estimate of drug-likeness (QED) is 0.526. The molecule has 0 aliphatic carbocycles. The third kappa shape index (κ3) is 5.21. The second-order valence-electron chi connectivity index (χ2n) is 3.94. The van der Waals surface area contributed by atoms with Crippen LogP contribution in [0.2, 0.25) is 0 Å². The van der Waals surface area contributed by atoms with Crippen molar-refractivity contribution in [2.45, 2.75) is 33.1 Å². The van der Waals surface area contributed by atoms with E-state index in [1.807, 2.05) is 20.8 Å². The molecule has 5 heteroatoms. The summed E-state index contributed by atoms with van der Waals surface area (Å²) in [6, 6.07) is 0. The predicted octanol–water partition coefficient (Wildman–Crippen LogP) is 2.42. The Hall–Kier alpha value is -0.580. The zero-order chi connectivity index (χ0) is 11.2. The van der Waals surface area contributed by atoms with E-state index in [1.165, 1.54) is 11.8 Å². The van der Waals surface area contributed by atoms with Crippen molar-refractivity contribution < 1.29 is 9.53 Å². The van der Waals surface area contributed by atoms with Gasteiger partial charge in [0.25, 0.3) is 0 Å². The highest BCUT2D eigenvalue weighted by Crippen LogP contribution is 2.31. The van der Waals surface area contributed by atoms with Gasteiger partial charge in [0, 0.05) is 0 Å². The minimum absolute atomic E-state index is 0.182. The lowest BCUT2D eigenvalue weighted by molar-refractivity contribution is -0.139. The minimum Gasteiger partial charge on any atom is -0.465 e. The molecule has 0 radical (unpaired) electrons. The molecule has 0 aromatic rings. The summed E-state index contributed by atoms with van der Waals surface area (Å²) in [7, 11) is 0. The average molecular weight is 219 g/mol. The van der Waals surface area contributed by atoms with Crippen molar-refractivity contribution in [2.24, 2.45) is 10.6 Å². The Labute approximate surface area is 88.8 Å². The molecule has 0 spiro atoms. The summed E-state index contributed by atoms with van der Waals surface area (Å²) < 4.78 is 4.75. The Morgan fingerprint density at radius 1 is 1.50 bits per heavy atom. The Balaban J connectivity index is 3.97. The summed E-state index contributed by atoms with van der Waals surface area (Å²) in [5.74, 6) is -0.114. The number of rotatable bonds is 5. The summed E-state index contributed by atoms with van der Waals surface area (Å²) in [6.07, 6.45) is 0. The number of thioether (sulfide) groups is 1. The Morgan fingerprint density at radius 3 is 2.43 bits per heavy atom. The molecule has 0 saturated carbocycles. The molecule has 14 heavy (non-hydrogen) atoms. The lowest BCUT2D eigenvalue weighted by Gasteiger charge is -2.23. The van der Waals surface area contributed by atoms with Crippen molar-refractivity contribution in [3.63, 3.8) is 0 Å². The first-order valence-corrected chi connectivity index (χ1v) is 5.56. The van der Waals surface area contributed by atoms with Gasteiger partial charge in [-0.1, -0.05) is 25.9 Å². The van der Waals surface area contributed by atoms with E-state index < -0.39 is 5.37 Å². The normalized spacial score (nSPS) is 13.4. The third-order valence-corrected chi connectivity index (χ3v) is 3.01. The maximum atomic E-state index is 11.0. The monoisotopic (exact) mass is 219 g/mol. The molecule has 0 aromatic heterocycles. The zero-order valence-corrected chi connectivity index (χ0v) is 9.89.